The second kappa shape index (κ2) is 7.82. The van der Waals surface area contributed by atoms with E-state index < -0.39 is 0 Å². The van der Waals surface area contributed by atoms with Crippen molar-refractivity contribution in [2.75, 3.05) is 5.32 Å². The van der Waals surface area contributed by atoms with Gasteiger partial charge >= 0.3 is 5.97 Å². The Labute approximate surface area is 167 Å². The van der Waals surface area contributed by atoms with Gasteiger partial charge in [0, 0.05) is 24.2 Å². The molecule has 2 unspecified atom stereocenters. The Hall–Kier alpha value is -2.56. The lowest BCUT2D eigenvalue weighted by atomic mass is 9.78. The number of anilines is 1. The summed E-state index contributed by atoms with van der Waals surface area (Å²) >= 11 is 0. The van der Waals surface area contributed by atoms with Crippen molar-refractivity contribution >= 4 is 11.8 Å². The number of hydrogen-bond acceptors (Lipinski definition) is 4. The van der Waals surface area contributed by atoms with E-state index in [9.17, 15) is 4.79 Å². The number of esters is 1. The molecule has 1 aromatic heterocycles. The number of benzene rings is 1. The standard InChI is InChI=1S/C23H31N3O2/c1-8-14(4)28-23(27)20-15(5)24-22-19(16(6)25-26(22)7)21(20)18-12-10-9-11-17(18)13(2)3/h9-14,21,24H,8H2,1-7H3. The lowest BCUT2D eigenvalue weighted by molar-refractivity contribution is -0.143. The van der Waals surface area contributed by atoms with Gasteiger partial charge in [-0.2, -0.15) is 5.10 Å². The Balaban J connectivity index is 2.23. The number of carbonyl (C=O) groups is 1. The van der Waals surface area contributed by atoms with Crippen molar-refractivity contribution < 1.29 is 9.53 Å². The highest BCUT2D eigenvalue weighted by molar-refractivity contribution is 5.95. The number of hydrogen-bond donors (Lipinski definition) is 1. The van der Waals surface area contributed by atoms with E-state index in [0.717, 1.165) is 34.8 Å². The van der Waals surface area contributed by atoms with Crippen molar-refractivity contribution in [3.8, 4) is 0 Å². The molecule has 0 fully saturated rings. The third-order valence-corrected chi connectivity index (χ3v) is 5.59. The molecule has 0 saturated carbocycles. The second-order valence-corrected chi connectivity index (χ2v) is 7.98. The van der Waals surface area contributed by atoms with Crippen LogP contribution < -0.4 is 5.32 Å². The van der Waals surface area contributed by atoms with Gasteiger partial charge in [-0.05, 0) is 44.2 Å². The van der Waals surface area contributed by atoms with Crippen LogP contribution in [-0.4, -0.2) is 21.9 Å². The quantitative estimate of drug-likeness (QED) is 0.739. The van der Waals surface area contributed by atoms with E-state index >= 15 is 0 Å². The predicted octanol–water partition coefficient (Wildman–Crippen LogP) is 5.03. The molecule has 0 spiro atoms. The summed E-state index contributed by atoms with van der Waals surface area (Å²) in [6, 6.07) is 8.39. The molecule has 5 nitrogen and oxygen atoms in total. The van der Waals surface area contributed by atoms with Crippen molar-refractivity contribution in [2.24, 2.45) is 7.05 Å². The van der Waals surface area contributed by atoms with Gasteiger partial charge in [0.05, 0.1) is 17.4 Å². The van der Waals surface area contributed by atoms with Crippen LogP contribution in [0.4, 0.5) is 5.82 Å². The highest BCUT2D eigenvalue weighted by Crippen LogP contribution is 2.45. The van der Waals surface area contributed by atoms with Crippen LogP contribution in [-0.2, 0) is 16.6 Å². The highest BCUT2D eigenvalue weighted by Gasteiger charge is 2.38. The molecule has 1 aliphatic heterocycles. The average Bonchev–Trinajstić information content (AvgIpc) is 2.93. The molecule has 150 valence electrons. The number of aromatic nitrogens is 2. The summed E-state index contributed by atoms with van der Waals surface area (Å²) in [5.74, 6) is 0.842. The highest BCUT2D eigenvalue weighted by atomic mass is 16.5. The summed E-state index contributed by atoms with van der Waals surface area (Å²) in [5.41, 5.74) is 5.87. The Bertz CT molecular complexity index is 924. The van der Waals surface area contributed by atoms with Crippen LogP contribution in [0.2, 0.25) is 0 Å². The molecule has 3 rings (SSSR count). The largest absolute Gasteiger partial charge is 0.459 e. The topological polar surface area (TPSA) is 56.1 Å². The first kappa shape index (κ1) is 20.2. The zero-order valence-corrected chi connectivity index (χ0v) is 18.0. The summed E-state index contributed by atoms with van der Waals surface area (Å²) in [5, 5.41) is 8.02. The Morgan fingerprint density at radius 3 is 2.57 bits per heavy atom. The molecular formula is C23H31N3O2. The maximum atomic E-state index is 13.2. The molecule has 1 aliphatic rings. The molecular weight excluding hydrogens is 350 g/mol. The number of aryl methyl sites for hydroxylation is 2. The number of fused-ring (bicyclic) bond motifs is 1. The van der Waals surface area contributed by atoms with E-state index in [0.29, 0.717) is 11.5 Å². The first-order valence-electron chi connectivity index (χ1n) is 10.1. The van der Waals surface area contributed by atoms with Gasteiger partial charge in [0.1, 0.15) is 5.82 Å². The summed E-state index contributed by atoms with van der Waals surface area (Å²) in [6.45, 7) is 12.3. The summed E-state index contributed by atoms with van der Waals surface area (Å²) < 4.78 is 7.62. The minimum atomic E-state index is -0.253. The van der Waals surface area contributed by atoms with Crippen LogP contribution in [0.25, 0.3) is 0 Å². The average molecular weight is 382 g/mol. The van der Waals surface area contributed by atoms with Gasteiger partial charge in [-0.15, -0.1) is 0 Å². The van der Waals surface area contributed by atoms with Crippen molar-refractivity contribution in [1.82, 2.24) is 9.78 Å². The molecule has 0 amide bonds. The first-order chi connectivity index (χ1) is 13.3. The molecule has 1 aromatic carbocycles. The Kier molecular flexibility index (Phi) is 5.64. The third kappa shape index (κ3) is 3.46. The number of carbonyl (C=O) groups excluding carboxylic acids is 1. The number of nitrogens with zero attached hydrogens (tertiary/aromatic N) is 2. The minimum Gasteiger partial charge on any atom is -0.459 e. The van der Waals surface area contributed by atoms with Gasteiger partial charge in [0.2, 0.25) is 0 Å². The van der Waals surface area contributed by atoms with Crippen molar-refractivity contribution in [3.05, 3.63) is 57.9 Å². The summed E-state index contributed by atoms with van der Waals surface area (Å²) in [4.78, 5) is 13.2. The number of allylic oxidation sites excluding steroid dienone is 1. The van der Waals surface area contributed by atoms with Gasteiger partial charge in [-0.1, -0.05) is 45.0 Å². The number of ether oxygens (including phenoxy) is 1. The lowest BCUT2D eigenvalue weighted by Gasteiger charge is -2.31. The van der Waals surface area contributed by atoms with Crippen LogP contribution >= 0.6 is 0 Å². The molecule has 2 atom stereocenters. The predicted molar refractivity (Wildman–Crippen MR) is 112 cm³/mol. The maximum Gasteiger partial charge on any atom is 0.337 e. The van der Waals surface area contributed by atoms with Gasteiger partial charge in [-0.25, -0.2) is 4.79 Å². The van der Waals surface area contributed by atoms with Crippen LogP contribution in [0.3, 0.4) is 0 Å². The fraction of sp³-hybridized carbons (Fsp3) is 0.478. The van der Waals surface area contributed by atoms with Crippen molar-refractivity contribution in [3.63, 3.8) is 0 Å². The van der Waals surface area contributed by atoms with Crippen molar-refractivity contribution in [2.45, 2.75) is 65.9 Å². The molecule has 0 bridgehead atoms. The van der Waals surface area contributed by atoms with Gasteiger partial charge in [0.25, 0.3) is 0 Å². The summed E-state index contributed by atoms with van der Waals surface area (Å²) in [7, 11) is 1.93. The van der Waals surface area contributed by atoms with Gasteiger partial charge in [-0.3, -0.25) is 4.68 Å². The third-order valence-electron chi connectivity index (χ3n) is 5.59. The monoisotopic (exact) mass is 381 g/mol. The Morgan fingerprint density at radius 2 is 1.93 bits per heavy atom. The van der Waals surface area contributed by atoms with Gasteiger partial charge < -0.3 is 10.1 Å². The van der Waals surface area contributed by atoms with Crippen molar-refractivity contribution in [1.29, 1.82) is 0 Å². The van der Waals surface area contributed by atoms with Crippen LogP contribution in [0, 0.1) is 6.92 Å². The first-order valence-corrected chi connectivity index (χ1v) is 10.1. The van der Waals surface area contributed by atoms with E-state index in [1.807, 2.05) is 45.5 Å². The van der Waals surface area contributed by atoms with Gasteiger partial charge in [0.15, 0.2) is 0 Å². The van der Waals surface area contributed by atoms with E-state index in [-0.39, 0.29) is 18.0 Å². The lowest BCUT2D eigenvalue weighted by Crippen LogP contribution is -2.27. The molecule has 0 aliphatic carbocycles. The molecule has 2 heterocycles. The SMILES string of the molecule is CCC(C)OC(=O)C1=C(C)Nc2c(c(C)nn2C)C1c1ccccc1C(C)C. The van der Waals surface area contributed by atoms with E-state index in [1.165, 1.54) is 5.56 Å². The molecule has 1 N–H and O–H groups in total. The van der Waals surface area contributed by atoms with E-state index in [1.54, 1.807) is 0 Å². The molecule has 28 heavy (non-hydrogen) atoms. The second-order valence-electron chi connectivity index (χ2n) is 7.98. The fourth-order valence-corrected chi connectivity index (χ4v) is 3.99. The maximum absolute atomic E-state index is 13.2. The molecule has 0 saturated heterocycles. The molecule has 0 radical (unpaired) electrons. The number of nitrogens with one attached hydrogen (secondary N) is 1. The van der Waals surface area contributed by atoms with E-state index in [2.05, 4.69) is 42.5 Å². The normalized spacial score (nSPS) is 17.4. The smallest absolute Gasteiger partial charge is 0.337 e. The molecule has 5 heteroatoms. The van der Waals surface area contributed by atoms with Crippen LogP contribution in [0.1, 0.15) is 75.3 Å². The zero-order chi connectivity index (χ0) is 20.6. The number of rotatable bonds is 5. The van der Waals surface area contributed by atoms with E-state index in [4.69, 9.17) is 4.74 Å². The van der Waals surface area contributed by atoms with Crippen LogP contribution in [0.5, 0.6) is 0 Å². The Morgan fingerprint density at radius 1 is 1.25 bits per heavy atom. The van der Waals surface area contributed by atoms with Crippen LogP contribution in [0.15, 0.2) is 35.5 Å². The zero-order valence-electron chi connectivity index (χ0n) is 18.0. The minimum absolute atomic E-state index is 0.120. The molecule has 2 aromatic rings. The summed E-state index contributed by atoms with van der Waals surface area (Å²) in [6.07, 6.45) is 0.667. The fourth-order valence-electron chi connectivity index (χ4n) is 3.99.